The topological polar surface area (TPSA) is 50.1 Å². The number of nitrogens with zero attached hydrogens (tertiary/aromatic N) is 2. The molecule has 1 heterocycles. The fourth-order valence-corrected chi connectivity index (χ4v) is 1.28. The molecule has 4 heteroatoms. The predicted octanol–water partition coefficient (Wildman–Crippen LogP) is 0.377. The van der Waals surface area contributed by atoms with Crippen LogP contribution in [0.5, 0.6) is 0 Å². The van der Waals surface area contributed by atoms with Gasteiger partial charge >= 0.3 is 0 Å². The highest BCUT2D eigenvalue weighted by atomic mass is 16.3. The third-order valence-electron chi connectivity index (χ3n) is 2.18. The van der Waals surface area contributed by atoms with Gasteiger partial charge in [-0.3, -0.25) is 10.00 Å². The first-order valence-corrected chi connectivity index (χ1v) is 5.11. The van der Waals surface area contributed by atoms with Gasteiger partial charge in [0.2, 0.25) is 0 Å². The molecule has 0 aromatic carbocycles. The average molecular weight is 207 g/mol. The fraction of sp³-hybridized carbons (Fsp3) is 0.545. The lowest BCUT2D eigenvalue weighted by Crippen LogP contribution is -2.25. The van der Waals surface area contributed by atoms with Gasteiger partial charge in [0.25, 0.3) is 0 Å². The number of terminal acetylenes is 1. The van der Waals surface area contributed by atoms with Gasteiger partial charge in [-0.15, -0.1) is 6.42 Å². The molecule has 0 bridgehead atoms. The van der Waals surface area contributed by atoms with E-state index < -0.39 is 0 Å². The van der Waals surface area contributed by atoms with Gasteiger partial charge in [-0.2, -0.15) is 5.10 Å². The van der Waals surface area contributed by atoms with Gasteiger partial charge in [-0.25, -0.2) is 0 Å². The molecule has 0 aliphatic carbocycles. The molecule has 0 aliphatic rings. The van der Waals surface area contributed by atoms with Gasteiger partial charge in [0.15, 0.2) is 0 Å². The monoisotopic (exact) mass is 207 g/mol. The van der Waals surface area contributed by atoms with Crippen LogP contribution in [-0.2, 0) is 13.1 Å². The first-order chi connectivity index (χ1) is 7.30. The van der Waals surface area contributed by atoms with E-state index in [2.05, 4.69) is 16.3 Å². The number of aliphatic hydroxyl groups is 1. The molecule has 0 aliphatic heterocycles. The predicted molar refractivity (Wildman–Crippen MR) is 59.1 cm³/mol. The second-order valence-corrected chi connectivity index (χ2v) is 3.34. The van der Waals surface area contributed by atoms with Crippen molar-refractivity contribution in [2.45, 2.75) is 32.5 Å². The summed E-state index contributed by atoms with van der Waals surface area (Å²) in [6, 6.07) is 0.117. The van der Waals surface area contributed by atoms with Gasteiger partial charge in [-0.1, -0.05) is 12.8 Å². The summed E-state index contributed by atoms with van der Waals surface area (Å²) in [7, 11) is 0. The van der Waals surface area contributed by atoms with E-state index in [0.717, 1.165) is 12.0 Å². The highest BCUT2D eigenvalue weighted by molar-refractivity contribution is 5.06. The van der Waals surface area contributed by atoms with E-state index in [9.17, 15) is 0 Å². The molecule has 1 aromatic rings. The number of hydrogen-bond donors (Lipinski definition) is 2. The van der Waals surface area contributed by atoms with Crippen molar-refractivity contribution in [1.82, 2.24) is 15.1 Å². The zero-order valence-corrected chi connectivity index (χ0v) is 8.98. The molecular weight excluding hydrogens is 190 g/mol. The van der Waals surface area contributed by atoms with Gasteiger partial charge < -0.3 is 5.11 Å². The molecule has 0 saturated carbocycles. The fourth-order valence-electron chi connectivity index (χ4n) is 1.28. The third kappa shape index (κ3) is 3.74. The van der Waals surface area contributed by atoms with E-state index in [1.165, 1.54) is 0 Å². The summed E-state index contributed by atoms with van der Waals surface area (Å²) < 4.78 is 1.72. The Balaban J connectivity index is 2.40. The van der Waals surface area contributed by atoms with Crippen molar-refractivity contribution in [3.8, 4) is 12.3 Å². The number of nitrogens with one attached hydrogen (secondary N) is 1. The molecule has 1 aromatic heterocycles. The molecule has 0 spiro atoms. The molecule has 1 unspecified atom stereocenters. The van der Waals surface area contributed by atoms with Crippen LogP contribution in [0.25, 0.3) is 0 Å². The molecule has 15 heavy (non-hydrogen) atoms. The average Bonchev–Trinajstić information content (AvgIpc) is 2.68. The summed E-state index contributed by atoms with van der Waals surface area (Å²) in [5.41, 5.74) is 1.08. The van der Waals surface area contributed by atoms with Crippen molar-refractivity contribution in [3.05, 3.63) is 18.0 Å². The molecule has 4 nitrogen and oxygen atoms in total. The zero-order chi connectivity index (χ0) is 11.1. The highest BCUT2D eigenvalue weighted by Crippen LogP contribution is 1.98. The Bertz CT molecular complexity index is 327. The van der Waals surface area contributed by atoms with Crippen LogP contribution in [0, 0.1) is 12.3 Å². The Hall–Kier alpha value is -1.31. The van der Waals surface area contributed by atoms with E-state index in [1.807, 2.05) is 13.1 Å². The maximum absolute atomic E-state index is 8.72. The van der Waals surface area contributed by atoms with Crippen molar-refractivity contribution in [1.29, 1.82) is 0 Å². The van der Waals surface area contributed by atoms with Crippen LogP contribution < -0.4 is 5.32 Å². The molecular formula is C11H17N3O. The normalized spacial score (nSPS) is 12.3. The second-order valence-electron chi connectivity index (χ2n) is 3.34. The Labute approximate surface area is 90.3 Å². The molecule has 82 valence electrons. The molecule has 2 N–H and O–H groups in total. The van der Waals surface area contributed by atoms with E-state index >= 15 is 0 Å². The maximum atomic E-state index is 8.72. The number of hydrogen-bond acceptors (Lipinski definition) is 3. The quantitative estimate of drug-likeness (QED) is 0.663. The minimum atomic E-state index is 0.108. The summed E-state index contributed by atoms with van der Waals surface area (Å²) in [6.45, 7) is 3.41. The standard InChI is InChI=1S/C11H17N3O/c1-3-11(4-2)12-7-10-8-13-14(9-10)5-6-15/h1,8-9,11-12,15H,4-7H2,2H3. The van der Waals surface area contributed by atoms with Crippen LogP contribution in [-0.4, -0.2) is 27.5 Å². The van der Waals surface area contributed by atoms with Gasteiger partial charge in [-0.05, 0) is 6.42 Å². The number of aromatic nitrogens is 2. The van der Waals surface area contributed by atoms with Crippen LogP contribution >= 0.6 is 0 Å². The van der Waals surface area contributed by atoms with Crippen molar-refractivity contribution >= 4 is 0 Å². The van der Waals surface area contributed by atoms with Crippen molar-refractivity contribution in [2.24, 2.45) is 0 Å². The molecule has 0 fully saturated rings. The maximum Gasteiger partial charge on any atom is 0.0686 e. The van der Waals surface area contributed by atoms with Crippen LogP contribution in [0.1, 0.15) is 18.9 Å². The Morgan fingerprint density at radius 2 is 2.53 bits per heavy atom. The molecule has 0 amide bonds. The Morgan fingerprint density at radius 1 is 1.73 bits per heavy atom. The number of aliphatic hydroxyl groups excluding tert-OH is 1. The lowest BCUT2D eigenvalue weighted by Gasteiger charge is -2.08. The smallest absolute Gasteiger partial charge is 0.0686 e. The largest absolute Gasteiger partial charge is 0.394 e. The first kappa shape index (κ1) is 11.8. The SMILES string of the molecule is C#CC(CC)NCc1cnn(CCO)c1. The number of rotatable bonds is 6. The minimum Gasteiger partial charge on any atom is -0.394 e. The van der Waals surface area contributed by atoms with E-state index in [1.54, 1.807) is 10.9 Å². The van der Waals surface area contributed by atoms with Crippen molar-refractivity contribution in [3.63, 3.8) is 0 Å². The molecule has 0 radical (unpaired) electrons. The Morgan fingerprint density at radius 3 is 3.13 bits per heavy atom. The summed E-state index contributed by atoms with van der Waals surface area (Å²) >= 11 is 0. The van der Waals surface area contributed by atoms with Crippen molar-refractivity contribution in [2.75, 3.05) is 6.61 Å². The molecule has 1 rings (SSSR count). The summed E-state index contributed by atoms with van der Waals surface area (Å²) in [5.74, 6) is 2.68. The van der Waals surface area contributed by atoms with E-state index in [0.29, 0.717) is 13.1 Å². The van der Waals surface area contributed by atoms with Crippen LogP contribution in [0.2, 0.25) is 0 Å². The van der Waals surface area contributed by atoms with Crippen molar-refractivity contribution < 1.29 is 5.11 Å². The molecule has 1 atom stereocenters. The van der Waals surface area contributed by atoms with Crippen LogP contribution in [0.3, 0.4) is 0 Å². The summed E-state index contributed by atoms with van der Waals surface area (Å²) in [6.07, 6.45) is 9.94. The van der Waals surface area contributed by atoms with Crippen LogP contribution in [0.15, 0.2) is 12.4 Å². The summed E-state index contributed by atoms with van der Waals surface area (Å²) in [4.78, 5) is 0. The molecule has 0 saturated heterocycles. The lowest BCUT2D eigenvalue weighted by molar-refractivity contribution is 0.269. The van der Waals surface area contributed by atoms with E-state index in [-0.39, 0.29) is 12.6 Å². The van der Waals surface area contributed by atoms with E-state index in [4.69, 9.17) is 11.5 Å². The minimum absolute atomic E-state index is 0.108. The van der Waals surface area contributed by atoms with Gasteiger partial charge in [0.1, 0.15) is 0 Å². The zero-order valence-electron chi connectivity index (χ0n) is 8.98. The van der Waals surface area contributed by atoms with Gasteiger partial charge in [0, 0.05) is 18.3 Å². The first-order valence-electron chi connectivity index (χ1n) is 5.11. The second kappa shape index (κ2) is 6.23. The Kier molecular flexibility index (Phi) is 4.88. The summed E-state index contributed by atoms with van der Waals surface area (Å²) in [5, 5.41) is 16.1. The van der Waals surface area contributed by atoms with Crippen LogP contribution in [0.4, 0.5) is 0 Å². The lowest BCUT2D eigenvalue weighted by atomic mass is 10.2. The third-order valence-corrected chi connectivity index (χ3v) is 2.18. The van der Waals surface area contributed by atoms with Gasteiger partial charge in [0.05, 0.1) is 25.4 Å². The highest BCUT2D eigenvalue weighted by Gasteiger charge is 2.02.